The van der Waals surface area contributed by atoms with Crippen molar-refractivity contribution in [2.75, 3.05) is 7.11 Å². The van der Waals surface area contributed by atoms with Crippen molar-refractivity contribution in [2.24, 2.45) is 0 Å². The highest BCUT2D eigenvalue weighted by Gasteiger charge is 2.20. The summed E-state index contributed by atoms with van der Waals surface area (Å²) in [6.07, 6.45) is 2.68. The highest BCUT2D eigenvalue weighted by atomic mass is 16.5. The molecule has 88 valence electrons. The average Bonchev–Trinajstić information content (AvgIpc) is 3.09. The highest BCUT2D eigenvalue weighted by Crippen LogP contribution is 2.27. The van der Waals surface area contributed by atoms with Crippen molar-refractivity contribution in [3.8, 4) is 5.75 Å². The van der Waals surface area contributed by atoms with Crippen molar-refractivity contribution in [1.82, 2.24) is 5.32 Å². The van der Waals surface area contributed by atoms with Gasteiger partial charge in [-0.15, -0.1) is 0 Å². The summed E-state index contributed by atoms with van der Waals surface area (Å²) in [5.74, 6) is 1.51. The molecular formula is C14H21NO. The molecule has 1 aromatic carbocycles. The summed E-state index contributed by atoms with van der Waals surface area (Å²) < 4.78 is 5.38. The molecule has 1 N–H and O–H groups in total. The van der Waals surface area contributed by atoms with Crippen LogP contribution in [0.5, 0.6) is 5.75 Å². The molecule has 0 heterocycles. The van der Waals surface area contributed by atoms with E-state index in [1.165, 1.54) is 24.0 Å². The van der Waals surface area contributed by atoms with Crippen LogP contribution in [0.15, 0.2) is 18.2 Å². The third-order valence-electron chi connectivity index (χ3n) is 3.09. The van der Waals surface area contributed by atoms with E-state index >= 15 is 0 Å². The molecule has 1 aliphatic rings. The summed E-state index contributed by atoms with van der Waals surface area (Å²) in [4.78, 5) is 0. The first-order chi connectivity index (χ1) is 7.70. The molecule has 16 heavy (non-hydrogen) atoms. The van der Waals surface area contributed by atoms with Gasteiger partial charge in [0.05, 0.1) is 7.11 Å². The summed E-state index contributed by atoms with van der Waals surface area (Å²) in [7, 11) is 1.74. The molecule has 0 aromatic heterocycles. The van der Waals surface area contributed by atoms with Crippen molar-refractivity contribution >= 4 is 0 Å². The standard InChI is InChI=1S/C14H21NO/c1-10(2)13-8-11(4-7-14(13)16-3)9-15-12-5-6-12/h4,7-8,10,12,15H,5-6,9H2,1-3H3. The number of methoxy groups -OCH3 is 1. The first kappa shape index (κ1) is 11.5. The molecule has 0 saturated heterocycles. The lowest BCUT2D eigenvalue weighted by Gasteiger charge is -2.13. The lowest BCUT2D eigenvalue weighted by atomic mass is 9.99. The second-order valence-corrected chi connectivity index (χ2v) is 4.89. The maximum atomic E-state index is 5.38. The molecule has 0 aliphatic heterocycles. The van der Waals surface area contributed by atoms with Gasteiger partial charge in [0.25, 0.3) is 0 Å². The normalized spacial score (nSPS) is 15.5. The van der Waals surface area contributed by atoms with E-state index in [-0.39, 0.29) is 0 Å². The largest absolute Gasteiger partial charge is 0.496 e. The number of hydrogen-bond acceptors (Lipinski definition) is 2. The van der Waals surface area contributed by atoms with Gasteiger partial charge in [-0.25, -0.2) is 0 Å². The van der Waals surface area contributed by atoms with E-state index in [2.05, 4.69) is 37.4 Å². The van der Waals surface area contributed by atoms with E-state index in [1.54, 1.807) is 7.11 Å². The molecule has 1 aliphatic carbocycles. The van der Waals surface area contributed by atoms with Gasteiger partial charge in [-0.2, -0.15) is 0 Å². The van der Waals surface area contributed by atoms with Crippen LogP contribution in [-0.2, 0) is 6.54 Å². The maximum absolute atomic E-state index is 5.38. The highest BCUT2D eigenvalue weighted by molar-refractivity contribution is 5.39. The van der Waals surface area contributed by atoms with Crippen LogP contribution >= 0.6 is 0 Å². The second kappa shape index (κ2) is 4.88. The summed E-state index contributed by atoms with van der Waals surface area (Å²) in [5, 5.41) is 3.54. The van der Waals surface area contributed by atoms with E-state index in [0.717, 1.165) is 18.3 Å². The zero-order chi connectivity index (χ0) is 11.5. The van der Waals surface area contributed by atoms with Crippen LogP contribution < -0.4 is 10.1 Å². The van der Waals surface area contributed by atoms with Gasteiger partial charge in [-0.05, 0) is 36.0 Å². The molecular weight excluding hydrogens is 198 g/mol. The summed E-state index contributed by atoms with van der Waals surface area (Å²) in [5.41, 5.74) is 2.66. The minimum Gasteiger partial charge on any atom is -0.496 e. The molecule has 0 radical (unpaired) electrons. The Morgan fingerprint density at radius 2 is 2.12 bits per heavy atom. The Bertz CT molecular complexity index is 356. The van der Waals surface area contributed by atoms with Crippen LogP contribution in [0.3, 0.4) is 0 Å². The number of ether oxygens (including phenoxy) is 1. The summed E-state index contributed by atoms with van der Waals surface area (Å²) in [6.45, 7) is 5.39. The zero-order valence-electron chi connectivity index (χ0n) is 10.4. The first-order valence-electron chi connectivity index (χ1n) is 6.11. The summed E-state index contributed by atoms with van der Waals surface area (Å²) >= 11 is 0. The molecule has 0 bridgehead atoms. The van der Waals surface area contributed by atoms with Gasteiger partial charge in [0.1, 0.15) is 5.75 Å². The van der Waals surface area contributed by atoms with Crippen LogP contribution in [-0.4, -0.2) is 13.2 Å². The van der Waals surface area contributed by atoms with Crippen molar-refractivity contribution in [2.45, 2.75) is 45.2 Å². The number of benzene rings is 1. The lowest BCUT2D eigenvalue weighted by Crippen LogP contribution is -2.15. The fourth-order valence-electron chi connectivity index (χ4n) is 1.89. The summed E-state index contributed by atoms with van der Waals surface area (Å²) in [6, 6.07) is 7.27. The maximum Gasteiger partial charge on any atom is 0.122 e. The Morgan fingerprint density at radius 3 is 2.69 bits per heavy atom. The van der Waals surface area contributed by atoms with Crippen molar-refractivity contribution < 1.29 is 4.74 Å². The second-order valence-electron chi connectivity index (χ2n) is 4.89. The van der Waals surface area contributed by atoms with Crippen LogP contribution in [0.2, 0.25) is 0 Å². The average molecular weight is 219 g/mol. The molecule has 2 heteroatoms. The Balaban J connectivity index is 2.09. The van der Waals surface area contributed by atoms with E-state index in [4.69, 9.17) is 4.74 Å². The van der Waals surface area contributed by atoms with Gasteiger partial charge >= 0.3 is 0 Å². The fraction of sp³-hybridized carbons (Fsp3) is 0.571. The van der Waals surface area contributed by atoms with E-state index in [1.807, 2.05) is 0 Å². The SMILES string of the molecule is COc1ccc(CNC2CC2)cc1C(C)C. The molecule has 2 nitrogen and oxygen atoms in total. The van der Waals surface area contributed by atoms with E-state index in [0.29, 0.717) is 5.92 Å². The van der Waals surface area contributed by atoms with Crippen molar-refractivity contribution in [1.29, 1.82) is 0 Å². The minimum atomic E-state index is 0.510. The quantitative estimate of drug-likeness (QED) is 0.821. The molecule has 1 saturated carbocycles. The Labute approximate surface area is 98.0 Å². The van der Waals surface area contributed by atoms with Crippen molar-refractivity contribution in [3.63, 3.8) is 0 Å². The van der Waals surface area contributed by atoms with Gasteiger partial charge in [0.2, 0.25) is 0 Å². The molecule has 1 aromatic rings. The molecule has 0 spiro atoms. The van der Waals surface area contributed by atoms with Crippen LogP contribution in [0, 0.1) is 0 Å². The van der Waals surface area contributed by atoms with Crippen LogP contribution in [0.25, 0.3) is 0 Å². The van der Waals surface area contributed by atoms with Gasteiger partial charge in [-0.3, -0.25) is 0 Å². The van der Waals surface area contributed by atoms with Crippen LogP contribution in [0.4, 0.5) is 0 Å². The van der Waals surface area contributed by atoms with Gasteiger partial charge < -0.3 is 10.1 Å². The van der Waals surface area contributed by atoms with Gasteiger partial charge in [-0.1, -0.05) is 26.0 Å². The predicted octanol–water partition coefficient (Wildman–Crippen LogP) is 3.07. The number of rotatable bonds is 5. The van der Waals surface area contributed by atoms with Gasteiger partial charge in [0.15, 0.2) is 0 Å². The lowest BCUT2D eigenvalue weighted by molar-refractivity contribution is 0.407. The third kappa shape index (κ3) is 2.76. The molecule has 0 unspecified atom stereocenters. The topological polar surface area (TPSA) is 21.3 Å². The molecule has 1 fully saturated rings. The van der Waals surface area contributed by atoms with E-state index < -0.39 is 0 Å². The Hall–Kier alpha value is -1.02. The smallest absolute Gasteiger partial charge is 0.122 e. The van der Waals surface area contributed by atoms with Crippen LogP contribution in [0.1, 0.15) is 43.7 Å². The van der Waals surface area contributed by atoms with E-state index in [9.17, 15) is 0 Å². The molecule has 2 rings (SSSR count). The molecule has 0 amide bonds. The predicted molar refractivity (Wildman–Crippen MR) is 66.9 cm³/mol. The third-order valence-corrected chi connectivity index (χ3v) is 3.09. The van der Waals surface area contributed by atoms with Gasteiger partial charge in [0, 0.05) is 12.6 Å². The number of nitrogens with one attached hydrogen (secondary N) is 1. The fourth-order valence-corrected chi connectivity index (χ4v) is 1.89. The zero-order valence-corrected chi connectivity index (χ0v) is 10.4. The monoisotopic (exact) mass is 219 g/mol. The van der Waals surface area contributed by atoms with Crippen molar-refractivity contribution in [3.05, 3.63) is 29.3 Å². The Morgan fingerprint density at radius 1 is 1.38 bits per heavy atom. The Kier molecular flexibility index (Phi) is 3.49. The number of hydrogen-bond donors (Lipinski definition) is 1. The minimum absolute atomic E-state index is 0.510. The first-order valence-corrected chi connectivity index (χ1v) is 6.11. The molecule has 0 atom stereocenters.